The number of benzene rings is 1. The first-order valence-electron chi connectivity index (χ1n) is 6.67. The molecule has 2 aromatic rings. The highest BCUT2D eigenvalue weighted by molar-refractivity contribution is 9.10. The van der Waals surface area contributed by atoms with Crippen molar-refractivity contribution < 1.29 is 0 Å². The lowest BCUT2D eigenvalue weighted by Gasteiger charge is -2.17. The maximum Gasteiger partial charge on any atom is 0.0797 e. The quantitative estimate of drug-likeness (QED) is 0.883. The van der Waals surface area contributed by atoms with E-state index < -0.39 is 0 Å². The van der Waals surface area contributed by atoms with Crippen LogP contribution >= 0.6 is 15.9 Å². The molecule has 0 amide bonds. The van der Waals surface area contributed by atoms with Gasteiger partial charge in [0.2, 0.25) is 0 Å². The van der Waals surface area contributed by atoms with E-state index in [0.29, 0.717) is 0 Å². The zero-order chi connectivity index (χ0) is 13.7. The van der Waals surface area contributed by atoms with Gasteiger partial charge in [-0.15, -0.1) is 0 Å². The lowest BCUT2D eigenvalue weighted by molar-refractivity contribution is 0.510. The van der Waals surface area contributed by atoms with Gasteiger partial charge in [-0.2, -0.15) is 5.10 Å². The minimum absolute atomic E-state index is 0.264. The number of rotatable bonds is 6. The first kappa shape index (κ1) is 14.3. The first-order valence-corrected chi connectivity index (χ1v) is 7.46. The lowest BCUT2D eigenvalue weighted by atomic mass is 10.0. The van der Waals surface area contributed by atoms with E-state index in [1.54, 1.807) is 0 Å². The van der Waals surface area contributed by atoms with Crippen LogP contribution in [0.25, 0.3) is 0 Å². The average molecular weight is 322 g/mol. The van der Waals surface area contributed by atoms with E-state index >= 15 is 0 Å². The van der Waals surface area contributed by atoms with Crippen LogP contribution in [0, 0.1) is 0 Å². The second-order valence-electron chi connectivity index (χ2n) is 4.72. The molecule has 0 saturated carbocycles. The standard InChI is InChI=1S/C15H20BrN3/c1-3-9-17-15(14-8-10-19(2)18-14)11-12-6-4-5-7-13(12)16/h4-8,10,15,17H,3,9,11H2,1-2H3. The van der Waals surface area contributed by atoms with Gasteiger partial charge in [-0.25, -0.2) is 0 Å². The molecule has 0 spiro atoms. The van der Waals surface area contributed by atoms with Crippen molar-refractivity contribution >= 4 is 15.9 Å². The summed E-state index contributed by atoms with van der Waals surface area (Å²) in [5.41, 5.74) is 2.41. The molecule has 1 N–H and O–H groups in total. The number of nitrogens with one attached hydrogen (secondary N) is 1. The highest BCUT2D eigenvalue weighted by atomic mass is 79.9. The summed E-state index contributed by atoms with van der Waals surface area (Å²) >= 11 is 3.62. The van der Waals surface area contributed by atoms with Crippen molar-refractivity contribution in [3.8, 4) is 0 Å². The van der Waals surface area contributed by atoms with E-state index in [-0.39, 0.29) is 6.04 Å². The SMILES string of the molecule is CCCNC(Cc1ccccc1Br)c1ccn(C)n1. The molecule has 4 heteroatoms. The molecule has 1 heterocycles. The van der Waals surface area contributed by atoms with Gasteiger partial charge in [0, 0.05) is 17.7 Å². The van der Waals surface area contributed by atoms with E-state index in [0.717, 1.165) is 29.6 Å². The van der Waals surface area contributed by atoms with Crippen LogP contribution < -0.4 is 5.32 Å². The molecule has 0 saturated heterocycles. The molecule has 1 aromatic heterocycles. The van der Waals surface area contributed by atoms with Gasteiger partial charge < -0.3 is 5.32 Å². The maximum absolute atomic E-state index is 4.53. The minimum atomic E-state index is 0.264. The molecule has 0 aliphatic carbocycles. The number of hydrogen-bond acceptors (Lipinski definition) is 2. The highest BCUT2D eigenvalue weighted by Crippen LogP contribution is 2.23. The molecule has 1 aromatic carbocycles. The van der Waals surface area contributed by atoms with Crippen molar-refractivity contribution in [2.45, 2.75) is 25.8 Å². The van der Waals surface area contributed by atoms with Gasteiger partial charge in [0.05, 0.1) is 11.7 Å². The summed E-state index contributed by atoms with van der Waals surface area (Å²) in [7, 11) is 1.96. The number of nitrogens with zero attached hydrogens (tertiary/aromatic N) is 2. The highest BCUT2D eigenvalue weighted by Gasteiger charge is 2.15. The lowest BCUT2D eigenvalue weighted by Crippen LogP contribution is -2.24. The Balaban J connectivity index is 2.16. The molecule has 19 heavy (non-hydrogen) atoms. The Bertz CT molecular complexity index is 522. The number of hydrogen-bond donors (Lipinski definition) is 1. The number of aryl methyl sites for hydroxylation is 1. The van der Waals surface area contributed by atoms with Crippen LogP contribution in [0.2, 0.25) is 0 Å². The zero-order valence-electron chi connectivity index (χ0n) is 11.4. The van der Waals surface area contributed by atoms with Gasteiger partial charge in [-0.05, 0) is 37.1 Å². The van der Waals surface area contributed by atoms with Crippen molar-refractivity contribution in [1.82, 2.24) is 15.1 Å². The number of aromatic nitrogens is 2. The topological polar surface area (TPSA) is 29.9 Å². The molecular formula is C15H20BrN3. The molecule has 0 aliphatic heterocycles. The molecule has 2 rings (SSSR count). The molecule has 0 fully saturated rings. The summed E-state index contributed by atoms with van der Waals surface area (Å²) in [5.74, 6) is 0. The Hall–Kier alpha value is -1.13. The van der Waals surface area contributed by atoms with Gasteiger partial charge in [-0.3, -0.25) is 4.68 Å². The van der Waals surface area contributed by atoms with Gasteiger partial charge >= 0.3 is 0 Å². The predicted octanol–water partition coefficient (Wildman–Crippen LogP) is 3.47. The van der Waals surface area contributed by atoms with Crippen molar-refractivity contribution in [2.24, 2.45) is 7.05 Å². The Kier molecular flexibility index (Phi) is 5.16. The third kappa shape index (κ3) is 3.91. The summed E-state index contributed by atoms with van der Waals surface area (Å²) in [6.45, 7) is 3.19. The predicted molar refractivity (Wildman–Crippen MR) is 82.1 cm³/mol. The van der Waals surface area contributed by atoms with E-state index in [9.17, 15) is 0 Å². The fourth-order valence-corrected chi connectivity index (χ4v) is 2.55. The maximum atomic E-state index is 4.53. The van der Waals surface area contributed by atoms with Crippen LogP contribution in [0.4, 0.5) is 0 Å². The fraction of sp³-hybridized carbons (Fsp3) is 0.400. The Morgan fingerprint density at radius 2 is 2.11 bits per heavy atom. The third-order valence-corrected chi connectivity index (χ3v) is 3.89. The fourth-order valence-electron chi connectivity index (χ4n) is 2.10. The van der Waals surface area contributed by atoms with E-state index in [2.05, 4.69) is 57.5 Å². The molecule has 102 valence electrons. The van der Waals surface area contributed by atoms with E-state index in [1.165, 1.54) is 5.56 Å². The second kappa shape index (κ2) is 6.87. The monoisotopic (exact) mass is 321 g/mol. The molecular weight excluding hydrogens is 302 g/mol. The van der Waals surface area contributed by atoms with Crippen molar-refractivity contribution in [3.63, 3.8) is 0 Å². The van der Waals surface area contributed by atoms with Gasteiger partial charge in [0.1, 0.15) is 0 Å². The van der Waals surface area contributed by atoms with Crippen LogP contribution in [0.5, 0.6) is 0 Å². The van der Waals surface area contributed by atoms with Gasteiger partial charge in [0.15, 0.2) is 0 Å². The average Bonchev–Trinajstić information content (AvgIpc) is 2.83. The summed E-state index contributed by atoms with van der Waals surface area (Å²) in [5, 5.41) is 8.11. The number of halogens is 1. The summed E-state index contributed by atoms with van der Waals surface area (Å²) in [6.07, 6.45) is 4.06. The molecule has 1 atom stereocenters. The normalized spacial score (nSPS) is 12.6. The minimum Gasteiger partial charge on any atom is -0.308 e. The summed E-state index contributed by atoms with van der Waals surface area (Å²) in [6, 6.07) is 10.7. The van der Waals surface area contributed by atoms with Crippen molar-refractivity contribution in [1.29, 1.82) is 0 Å². The molecule has 0 aliphatic rings. The van der Waals surface area contributed by atoms with E-state index in [4.69, 9.17) is 0 Å². The Morgan fingerprint density at radius 3 is 2.74 bits per heavy atom. The summed E-state index contributed by atoms with van der Waals surface area (Å²) < 4.78 is 3.02. The van der Waals surface area contributed by atoms with E-state index in [1.807, 2.05) is 24.0 Å². The first-order chi connectivity index (χ1) is 9.20. The molecule has 3 nitrogen and oxygen atoms in total. The molecule has 0 bridgehead atoms. The smallest absolute Gasteiger partial charge is 0.0797 e. The third-order valence-electron chi connectivity index (χ3n) is 3.11. The Morgan fingerprint density at radius 1 is 1.32 bits per heavy atom. The molecule has 1 unspecified atom stereocenters. The summed E-state index contributed by atoms with van der Waals surface area (Å²) in [4.78, 5) is 0. The van der Waals surface area contributed by atoms with Crippen LogP contribution in [0.3, 0.4) is 0 Å². The van der Waals surface area contributed by atoms with Crippen LogP contribution in [-0.4, -0.2) is 16.3 Å². The van der Waals surface area contributed by atoms with Crippen molar-refractivity contribution in [2.75, 3.05) is 6.54 Å². The van der Waals surface area contributed by atoms with Crippen LogP contribution in [0.15, 0.2) is 41.0 Å². The van der Waals surface area contributed by atoms with Gasteiger partial charge in [0.25, 0.3) is 0 Å². The van der Waals surface area contributed by atoms with Crippen molar-refractivity contribution in [3.05, 3.63) is 52.3 Å². The Labute approximate surface area is 123 Å². The molecule has 0 radical (unpaired) electrons. The van der Waals surface area contributed by atoms with Crippen LogP contribution in [-0.2, 0) is 13.5 Å². The largest absolute Gasteiger partial charge is 0.308 e. The zero-order valence-corrected chi connectivity index (χ0v) is 13.0. The van der Waals surface area contributed by atoms with Gasteiger partial charge in [-0.1, -0.05) is 41.1 Å². The second-order valence-corrected chi connectivity index (χ2v) is 5.57. The van der Waals surface area contributed by atoms with Crippen LogP contribution in [0.1, 0.15) is 30.6 Å².